The van der Waals surface area contributed by atoms with Gasteiger partial charge in [-0.25, -0.2) is 0 Å². The summed E-state index contributed by atoms with van der Waals surface area (Å²) in [6.07, 6.45) is 2.71. The molecule has 0 saturated heterocycles. The Bertz CT molecular complexity index is 503. The summed E-state index contributed by atoms with van der Waals surface area (Å²) in [6.45, 7) is 1.93. The first-order valence-electron chi connectivity index (χ1n) is 5.85. The summed E-state index contributed by atoms with van der Waals surface area (Å²) in [4.78, 5) is 12.4. The summed E-state index contributed by atoms with van der Waals surface area (Å²) in [5.41, 5.74) is 1.71. The lowest BCUT2D eigenvalue weighted by Gasteiger charge is -2.10. The van der Waals surface area contributed by atoms with Gasteiger partial charge in [-0.15, -0.1) is 0 Å². The number of likely N-dealkylation sites (N-methyl/N-ethyl adjacent to an activating group) is 1. The molecule has 3 N–H and O–H groups in total. The van der Waals surface area contributed by atoms with E-state index in [1.807, 2.05) is 50.5 Å². The van der Waals surface area contributed by atoms with Gasteiger partial charge in [0.1, 0.15) is 0 Å². The number of rotatable bonds is 3. The molecule has 0 aromatic heterocycles. The molecule has 0 bridgehead atoms. The zero-order valence-electron chi connectivity index (χ0n) is 12.2. The van der Waals surface area contributed by atoms with Crippen LogP contribution in [-0.4, -0.2) is 54.5 Å². The second kappa shape index (κ2) is 12.0. The van der Waals surface area contributed by atoms with Gasteiger partial charge < -0.3 is 10.0 Å². The van der Waals surface area contributed by atoms with E-state index in [-0.39, 0.29) is 6.61 Å². The average Bonchev–Trinajstić information content (AvgIpc) is 2.36. The van der Waals surface area contributed by atoms with Gasteiger partial charge in [-0.3, -0.25) is 13.9 Å². The average molecular weight is 319 g/mol. The van der Waals surface area contributed by atoms with Gasteiger partial charge in [0.25, 0.3) is 0 Å². The topological polar surface area (TPSA) is 115 Å². The van der Waals surface area contributed by atoms with Gasteiger partial charge in [0, 0.05) is 20.7 Å². The number of carbonyl (C=O) groups excluding carboxylic acids is 1. The fourth-order valence-corrected chi connectivity index (χ4v) is 0.989. The van der Waals surface area contributed by atoms with E-state index in [9.17, 15) is 4.79 Å². The largest absolute Gasteiger partial charge is 0.397 e. The second-order valence-corrected chi connectivity index (χ2v) is 4.65. The third kappa shape index (κ3) is 18.3. The molecule has 1 aromatic rings. The fraction of sp³-hybridized carbons (Fsp3) is 0.308. The number of aliphatic hydroxyl groups excluding tert-OH is 1. The van der Waals surface area contributed by atoms with Gasteiger partial charge in [0.05, 0.1) is 5.70 Å². The van der Waals surface area contributed by atoms with Crippen LogP contribution >= 0.6 is 0 Å². The van der Waals surface area contributed by atoms with Crippen LogP contribution in [0.15, 0.2) is 36.0 Å². The Morgan fingerprint density at radius 3 is 1.86 bits per heavy atom. The predicted octanol–water partition coefficient (Wildman–Crippen LogP) is 1.13. The molecular weight excluding hydrogens is 298 g/mol. The second-order valence-electron chi connectivity index (χ2n) is 3.76. The van der Waals surface area contributed by atoms with E-state index in [1.165, 1.54) is 0 Å². The van der Waals surface area contributed by atoms with E-state index in [4.69, 9.17) is 22.6 Å². The first-order valence-corrected chi connectivity index (χ1v) is 7.25. The molecule has 0 spiro atoms. The molecule has 1 aromatic carbocycles. The molecule has 0 unspecified atom stereocenters. The summed E-state index contributed by atoms with van der Waals surface area (Å²) in [6, 6.07) is 9.78. The molecule has 8 heteroatoms. The minimum atomic E-state index is -4.67. The number of benzene rings is 1. The monoisotopic (exact) mass is 319 g/mol. The number of hydrogen-bond donors (Lipinski definition) is 3. The van der Waals surface area contributed by atoms with E-state index < -0.39 is 10.4 Å². The molecule has 0 saturated carbocycles. The van der Waals surface area contributed by atoms with Crippen LogP contribution in [0.1, 0.15) is 12.5 Å². The highest BCUT2D eigenvalue weighted by molar-refractivity contribution is 7.79. The molecule has 0 amide bonds. The Hall–Kier alpha value is -1.74. The van der Waals surface area contributed by atoms with Gasteiger partial charge in [0.2, 0.25) is 0 Å². The van der Waals surface area contributed by atoms with Gasteiger partial charge >= 0.3 is 10.4 Å². The van der Waals surface area contributed by atoms with Crippen molar-refractivity contribution in [1.82, 2.24) is 4.90 Å². The maximum absolute atomic E-state index is 10.6. The van der Waals surface area contributed by atoms with Crippen LogP contribution in [0.3, 0.4) is 0 Å². The first kappa shape index (κ1) is 21.6. The number of aliphatic hydroxyl groups is 1. The quantitative estimate of drug-likeness (QED) is 0.434. The van der Waals surface area contributed by atoms with Crippen LogP contribution in [0.25, 0.3) is 6.08 Å². The van der Waals surface area contributed by atoms with Crippen LogP contribution in [-0.2, 0) is 15.2 Å². The van der Waals surface area contributed by atoms with Crippen molar-refractivity contribution in [3.8, 4) is 0 Å². The number of hydrogen-bond acceptors (Lipinski definition) is 5. The molecule has 0 radical (unpaired) electrons. The van der Waals surface area contributed by atoms with E-state index in [0.29, 0.717) is 5.70 Å². The highest BCUT2D eigenvalue weighted by atomic mass is 32.3. The molecule has 0 atom stereocenters. The summed E-state index contributed by atoms with van der Waals surface area (Å²) in [5, 5.41) is 7.57. The summed E-state index contributed by atoms with van der Waals surface area (Å²) < 4.78 is 31.6. The van der Waals surface area contributed by atoms with E-state index >= 15 is 0 Å². The van der Waals surface area contributed by atoms with Crippen LogP contribution in [0.2, 0.25) is 0 Å². The predicted molar refractivity (Wildman–Crippen MR) is 81.1 cm³/mol. The van der Waals surface area contributed by atoms with Crippen LogP contribution in [0.4, 0.5) is 0 Å². The SMILES string of the molecule is CCO.CN(C)C(C=O)=Cc1ccccc1.O=S(=O)(O)O. The first-order chi connectivity index (χ1) is 9.65. The molecule has 0 fully saturated rings. The number of allylic oxidation sites excluding steroid dienone is 1. The molecule has 1 rings (SSSR count). The highest BCUT2D eigenvalue weighted by Crippen LogP contribution is 2.05. The molecule has 0 heterocycles. The van der Waals surface area contributed by atoms with E-state index in [1.54, 1.807) is 11.8 Å². The van der Waals surface area contributed by atoms with Crippen molar-refractivity contribution in [1.29, 1.82) is 0 Å². The van der Waals surface area contributed by atoms with Crippen LogP contribution in [0.5, 0.6) is 0 Å². The van der Waals surface area contributed by atoms with Crippen LogP contribution in [0, 0.1) is 0 Å². The molecule has 0 aliphatic carbocycles. The molecular formula is C13H21NO6S. The normalized spacial score (nSPS) is 10.5. The molecule has 0 aliphatic rings. The fourth-order valence-electron chi connectivity index (χ4n) is 0.989. The van der Waals surface area contributed by atoms with Crippen LogP contribution < -0.4 is 0 Å². The molecule has 0 aliphatic heterocycles. The van der Waals surface area contributed by atoms with Crippen molar-refractivity contribution in [2.75, 3.05) is 20.7 Å². The van der Waals surface area contributed by atoms with Gasteiger partial charge in [-0.1, -0.05) is 30.3 Å². The number of aldehydes is 1. The Morgan fingerprint density at radius 1 is 1.19 bits per heavy atom. The van der Waals surface area contributed by atoms with Crippen molar-refractivity contribution in [2.24, 2.45) is 0 Å². The van der Waals surface area contributed by atoms with Crippen molar-refractivity contribution >= 4 is 22.8 Å². The highest BCUT2D eigenvalue weighted by Gasteiger charge is 1.96. The Morgan fingerprint density at radius 2 is 1.57 bits per heavy atom. The number of carbonyl (C=O) groups is 1. The zero-order valence-corrected chi connectivity index (χ0v) is 13.0. The molecule has 7 nitrogen and oxygen atoms in total. The third-order valence-corrected chi connectivity index (χ3v) is 1.75. The number of nitrogens with zero attached hydrogens (tertiary/aromatic N) is 1. The minimum Gasteiger partial charge on any atom is -0.397 e. The third-order valence-electron chi connectivity index (χ3n) is 1.75. The summed E-state index contributed by atoms with van der Waals surface area (Å²) in [5.74, 6) is 0. The lowest BCUT2D eigenvalue weighted by molar-refractivity contribution is -0.105. The maximum atomic E-state index is 10.6. The summed E-state index contributed by atoms with van der Waals surface area (Å²) in [7, 11) is -0.966. The van der Waals surface area contributed by atoms with Gasteiger partial charge in [0.15, 0.2) is 6.29 Å². The standard InChI is InChI=1S/C11H13NO.C2H6O.H2O4S/c1-12(2)11(9-13)8-10-6-4-3-5-7-10;1-2-3;1-5(2,3)4/h3-9H,1-2H3;3H,2H2,1H3;(H2,1,2,3,4). The molecule has 21 heavy (non-hydrogen) atoms. The maximum Gasteiger partial charge on any atom is 0.394 e. The van der Waals surface area contributed by atoms with E-state index in [0.717, 1.165) is 11.8 Å². The Kier molecular flexibility index (Phi) is 12.4. The van der Waals surface area contributed by atoms with Crippen molar-refractivity contribution < 1.29 is 27.4 Å². The lowest BCUT2D eigenvalue weighted by atomic mass is 10.2. The Balaban J connectivity index is 0. The van der Waals surface area contributed by atoms with E-state index in [2.05, 4.69) is 0 Å². The lowest BCUT2D eigenvalue weighted by Crippen LogP contribution is -2.11. The van der Waals surface area contributed by atoms with Crippen molar-refractivity contribution in [3.05, 3.63) is 41.6 Å². The summed E-state index contributed by atoms with van der Waals surface area (Å²) >= 11 is 0. The van der Waals surface area contributed by atoms with Crippen molar-refractivity contribution in [2.45, 2.75) is 6.92 Å². The minimum absolute atomic E-state index is 0.250. The molecule has 120 valence electrons. The van der Waals surface area contributed by atoms with Gasteiger partial charge in [-0.2, -0.15) is 8.42 Å². The smallest absolute Gasteiger partial charge is 0.394 e. The zero-order chi connectivity index (χ0) is 16.9. The van der Waals surface area contributed by atoms with Crippen molar-refractivity contribution in [3.63, 3.8) is 0 Å². The van der Waals surface area contributed by atoms with Gasteiger partial charge in [-0.05, 0) is 18.6 Å². The Labute approximate surface area is 125 Å².